The number of nitrogens with zero attached hydrogens (tertiary/aromatic N) is 1. The summed E-state index contributed by atoms with van der Waals surface area (Å²) in [4.78, 5) is 71.4. The smallest absolute Gasteiger partial charge is 0.260 e. The van der Waals surface area contributed by atoms with Gasteiger partial charge in [0.05, 0.1) is 33.4 Å². The lowest BCUT2D eigenvalue weighted by molar-refractivity contribution is 0.362. The first kappa shape index (κ1) is 28.8. The Morgan fingerprint density at radius 1 is 0.932 bits per heavy atom. The lowest BCUT2D eigenvalue weighted by atomic mass is 9.77. The van der Waals surface area contributed by atoms with Gasteiger partial charge >= 0.3 is 0 Å². The Hall–Kier alpha value is -5.29. The number of hydrogen-bond donors (Lipinski definition) is 4. The van der Waals surface area contributed by atoms with Crippen molar-refractivity contribution in [3.8, 4) is 11.5 Å². The molecule has 0 amide bonds. The van der Waals surface area contributed by atoms with Gasteiger partial charge in [-0.05, 0) is 62.5 Å². The van der Waals surface area contributed by atoms with Gasteiger partial charge in [-0.25, -0.2) is 0 Å². The number of aromatic nitrogens is 1. The fraction of sp³-hybridized carbons (Fsp3) is 0.242. The van der Waals surface area contributed by atoms with Gasteiger partial charge < -0.3 is 29.9 Å². The zero-order valence-corrected chi connectivity index (χ0v) is 24.3. The van der Waals surface area contributed by atoms with E-state index < -0.39 is 76.6 Å². The lowest BCUT2D eigenvalue weighted by Crippen LogP contribution is -2.51. The maximum Gasteiger partial charge on any atom is 0.260 e. The molecule has 11 nitrogen and oxygen atoms in total. The monoisotopic (exact) mass is 596 g/mol. The summed E-state index contributed by atoms with van der Waals surface area (Å²) in [5, 5.41) is 32.9. The van der Waals surface area contributed by atoms with Gasteiger partial charge in [0.1, 0.15) is 22.7 Å². The molecule has 4 N–H and O–H groups in total. The molecule has 1 heterocycles. The third kappa shape index (κ3) is 3.62. The summed E-state index contributed by atoms with van der Waals surface area (Å²) in [7, 11) is 4.78. The zero-order chi connectivity index (χ0) is 31.8. The van der Waals surface area contributed by atoms with Crippen molar-refractivity contribution < 1.29 is 20.1 Å². The van der Waals surface area contributed by atoms with E-state index in [4.69, 9.17) is 4.74 Å². The normalized spacial score (nSPS) is 17.8. The highest BCUT2D eigenvalue weighted by atomic mass is 16.5. The summed E-state index contributed by atoms with van der Waals surface area (Å²) in [5.74, 6) is -2.44. The molecule has 6 rings (SSSR count). The average molecular weight is 597 g/mol. The molecule has 0 saturated heterocycles. The molecule has 0 aliphatic heterocycles. The van der Waals surface area contributed by atoms with Gasteiger partial charge in [-0.3, -0.25) is 24.0 Å². The SMILES string of the molecule is CC=CC=Cc1cc2c(CN(C)C)c3c(c(O)c2c(=O)[nH]1)[C@@]1(CC3)C(O)=c2c(=O)c3c(=O)cc(OC)c(=O)c=3c(=O)c2=C1O. The van der Waals surface area contributed by atoms with Crippen LogP contribution in [0.2, 0.25) is 0 Å². The number of phenolic OH excluding ortho intramolecular Hbond substituents is 1. The number of ether oxygens (including phenoxy) is 1. The number of aromatic hydroxyl groups is 1. The van der Waals surface area contributed by atoms with Crippen LogP contribution in [0.25, 0.3) is 28.4 Å². The number of methoxy groups -OCH3 is 1. The quantitative estimate of drug-likeness (QED) is 0.233. The molecule has 1 spiro atoms. The highest BCUT2D eigenvalue weighted by molar-refractivity contribution is 5.97. The van der Waals surface area contributed by atoms with E-state index in [1.807, 2.05) is 32.0 Å². The predicted octanol–water partition coefficient (Wildman–Crippen LogP) is 0.165. The molecule has 4 aliphatic rings. The minimum absolute atomic E-state index is 0.0131. The number of rotatable bonds is 5. The minimum Gasteiger partial charge on any atom is -0.510 e. The number of pyridine rings is 1. The molecule has 1 aromatic heterocycles. The number of allylic oxidation sites excluding steroid dienone is 3. The first-order valence-corrected chi connectivity index (χ1v) is 13.8. The highest BCUT2D eigenvalue weighted by Gasteiger charge is 2.53. The summed E-state index contributed by atoms with van der Waals surface area (Å²) < 4.78 is 4.93. The molecular weight excluding hydrogens is 568 g/mol. The third-order valence-corrected chi connectivity index (χ3v) is 8.62. The standard InChI is InChI=1S/C33H28N2O9/c1-5-6-7-8-14-11-16-17(13-35(2)3)15-9-10-33(25(15)29(40)20(16)32(43)34-14)30(41)23-24(31(33)42)28(39)22-21(27(23)38)18(36)12-19(44-4)26(22)37/h5-8,11-12,40-42H,9-10,13H2,1-4H3,(H,34,43)/t33-/m0/s1. The van der Waals surface area contributed by atoms with E-state index >= 15 is 0 Å². The van der Waals surface area contributed by atoms with Crippen LogP contribution in [0.3, 0.4) is 0 Å². The summed E-state index contributed by atoms with van der Waals surface area (Å²) >= 11 is 0. The number of aliphatic hydroxyl groups excluding tert-OH is 2. The van der Waals surface area contributed by atoms with E-state index in [9.17, 15) is 39.3 Å². The fourth-order valence-corrected chi connectivity index (χ4v) is 6.82. The molecule has 11 heteroatoms. The number of H-pyrrole nitrogens is 1. The number of phenols is 1. The van der Waals surface area contributed by atoms with E-state index in [0.29, 0.717) is 28.8 Å². The molecule has 0 fully saturated rings. The number of aromatic amines is 1. The number of aliphatic hydroxyl groups is 2. The van der Waals surface area contributed by atoms with Crippen molar-refractivity contribution in [1.82, 2.24) is 9.88 Å². The maximum absolute atomic E-state index is 13.8. The van der Waals surface area contributed by atoms with Crippen molar-refractivity contribution in [2.75, 3.05) is 21.2 Å². The number of fused-ring (bicyclic) bond motifs is 4. The highest BCUT2D eigenvalue weighted by Crippen LogP contribution is 2.55. The largest absolute Gasteiger partial charge is 0.510 e. The van der Waals surface area contributed by atoms with Gasteiger partial charge in [-0.1, -0.05) is 18.2 Å². The Morgan fingerprint density at radius 3 is 2.20 bits per heavy atom. The number of nitrogens with one attached hydrogen (secondary N) is 1. The molecule has 0 radical (unpaired) electrons. The Labute approximate surface area is 247 Å². The molecule has 4 aliphatic carbocycles. The van der Waals surface area contributed by atoms with E-state index in [-0.39, 0.29) is 23.8 Å². The molecule has 1 aromatic carbocycles. The summed E-state index contributed by atoms with van der Waals surface area (Å²) in [6.07, 6.45) is 7.20. The molecule has 0 saturated carbocycles. The van der Waals surface area contributed by atoms with E-state index in [2.05, 4.69) is 4.98 Å². The van der Waals surface area contributed by atoms with Gasteiger partial charge in [0.25, 0.3) is 5.56 Å². The van der Waals surface area contributed by atoms with Crippen molar-refractivity contribution in [2.24, 2.45) is 0 Å². The van der Waals surface area contributed by atoms with E-state index in [0.717, 1.165) is 13.2 Å². The van der Waals surface area contributed by atoms with E-state index in [1.54, 1.807) is 24.3 Å². The molecule has 224 valence electrons. The van der Waals surface area contributed by atoms with Gasteiger partial charge in [0, 0.05) is 23.9 Å². The molecule has 0 bridgehead atoms. The minimum atomic E-state index is -1.97. The van der Waals surface area contributed by atoms with Crippen LogP contribution < -0.4 is 42.4 Å². The second-order valence-corrected chi connectivity index (χ2v) is 11.3. The van der Waals surface area contributed by atoms with Crippen LogP contribution in [0, 0.1) is 10.4 Å². The van der Waals surface area contributed by atoms with Gasteiger partial charge in [0.15, 0.2) is 11.2 Å². The lowest BCUT2D eigenvalue weighted by Gasteiger charge is -2.28. The third-order valence-electron chi connectivity index (χ3n) is 8.62. The van der Waals surface area contributed by atoms with Crippen molar-refractivity contribution in [3.05, 3.63) is 125 Å². The topological polar surface area (TPSA) is 174 Å². The second kappa shape index (κ2) is 9.88. The molecule has 2 aromatic rings. The molecule has 0 unspecified atom stereocenters. The predicted molar refractivity (Wildman–Crippen MR) is 165 cm³/mol. The van der Waals surface area contributed by atoms with Gasteiger partial charge in [-0.15, -0.1) is 0 Å². The van der Waals surface area contributed by atoms with Crippen LogP contribution in [0.1, 0.15) is 35.7 Å². The van der Waals surface area contributed by atoms with Crippen LogP contribution in [0.4, 0.5) is 0 Å². The van der Waals surface area contributed by atoms with Crippen LogP contribution in [-0.4, -0.2) is 46.4 Å². The van der Waals surface area contributed by atoms with Crippen LogP contribution in [0.5, 0.6) is 11.5 Å². The van der Waals surface area contributed by atoms with Crippen LogP contribution >= 0.6 is 0 Å². The Balaban J connectivity index is 1.80. The van der Waals surface area contributed by atoms with Crippen LogP contribution in [0.15, 0.2) is 54.3 Å². The Bertz CT molecular complexity index is 2480. The zero-order valence-electron chi connectivity index (χ0n) is 24.3. The Morgan fingerprint density at radius 2 is 1.59 bits per heavy atom. The maximum atomic E-state index is 13.8. The van der Waals surface area contributed by atoms with Crippen molar-refractivity contribution in [1.29, 1.82) is 0 Å². The molecule has 1 atom stereocenters. The van der Waals surface area contributed by atoms with Crippen molar-refractivity contribution in [2.45, 2.75) is 31.7 Å². The first-order chi connectivity index (χ1) is 20.9. The van der Waals surface area contributed by atoms with Gasteiger partial charge in [0.2, 0.25) is 16.3 Å². The molecule has 44 heavy (non-hydrogen) atoms. The summed E-state index contributed by atoms with van der Waals surface area (Å²) in [6.45, 7) is 2.16. The average Bonchev–Trinajstić information content (AvgIpc) is 3.48. The van der Waals surface area contributed by atoms with Crippen molar-refractivity contribution in [3.63, 3.8) is 0 Å². The van der Waals surface area contributed by atoms with Crippen LogP contribution in [-0.2, 0) is 18.4 Å². The summed E-state index contributed by atoms with van der Waals surface area (Å²) in [6, 6.07) is 2.53. The molecular formula is C33H28N2O9. The fourth-order valence-electron chi connectivity index (χ4n) is 6.82. The number of hydrogen-bond acceptors (Lipinski definition) is 10. The second-order valence-electron chi connectivity index (χ2n) is 11.3. The number of benzene rings is 1. The Kier molecular flexibility index (Phi) is 6.47. The van der Waals surface area contributed by atoms with E-state index in [1.165, 1.54) is 0 Å². The van der Waals surface area contributed by atoms with Crippen molar-refractivity contribution >= 4 is 28.4 Å². The van der Waals surface area contributed by atoms with Gasteiger partial charge in [-0.2, -0.15) is 0 Å². The first-order valence-electron chi connectivity index (χ1n) is 13.8. The summed E-state index contributed by atoms with van der Waals surface area (Å²) in [5.41, 5.74) is -5.11.